The number of hydrogen-bond acceptors (Lipinski definition) is 2. The van der Waals surface area contributed by atoms with Crippen LogP contribution < -0.4 is 0 Å². The third kappa shape index (κ3) is 8.49. The first-order valence-corrected chi connectivity index (χ1v) is 11.6. The van der Waals surface area contributed by atoms with Gasteiger partial charge in [-0.15, -0.1) is 0 Å². The van der Waals surface area contributed by atoms with Crippen LogP contribution >= 0.6 is 33.8 Å². The van der Waals surface area contributed by atoms with Gasteiger partial charge in [0.1, 0.15) is 0 Å². The van der Waals surface area contributed by atoms with E-state index in [2.05, 4.69) is 24.5 Å². The molecule has 0 bridgehead atoms. The molecule has 0 fully saturated rings. The van der Waals surface area contributed by atoms with Crippen LogP contribution in [0.2, 0.25) is 0 Å². The Morgan fingerprint density at radius 2 is 1.43 bits per heavy atom. The second kappa shape index (κ2) is 5.29. The Kier molecular flexibility index (Phi) is 7.18. The number of thiol groups is 2. The molecule has 0 aliphatic rings. The average Bonchev–Trinajstić information content (AvgIpc) is 1.27. The Bertz CT molecular complexity index is 85.9. The van der Waals surface area contributed by atoms with Crippen molar-refractivity contribution < 1.29 is 13.6 Å². The fraction of sp³-hybridized carbons (Fsp3) is 0. The van der Waals surface area contributed by atoms with E-state index in [1.807, 2.05) is 0 Å². The quantitative estimate of drug-likeness (QED) is 0.438. The maximum absolute atomic E-state index is 4.80. The van der Waals surface area contributed by atoms with Gasteiger partial charge in [-0.05, 0) is 0 Å². The van der Waals surface area contributed by atoms with E-state index in [9.17, 15) is 0 Å². The summed E-state index contributed by atoms with van der Waals surface area (Å²) in [5, 5.41) is 0. The van der Waals surface area contributed by atoms with Gasteiger partial charge < -0.3 is 0 Å². The van der Waals surface area contributed by atoms with Crippen molar-refractivity contribution in [3.05, 3.63) is 0 Å². The van der Waals surface area contributed by atoms with Gasteiger partial charge in [0, 0.05) is 0 Å². The Morgan fingerprint density at radius 3 is 1.43 bits per heavy atom. The zero-order chi connectivity index (χ0) is 5.86. The standard InChI is InChI=1S/Ni.2HPS2/c;2*2-1-3/h;2*(H,2,3)/q-2;;/p+2. The van der Waals surface area contributed by atoms with E-state index in [1.165, 1.54) is 13.6 Å². The predicted octanol–water partition coefficient (Wildman–Crippen LogP) is 1.94. The van der Waals surface area contributed by atoms with Crippen LogP contribution in [0.4, 0.5) is 0 Å². The Balaban J connectivity index is 3.32. The third-order valence-corrected chi connectivity index (χ3v) is 15.1. The summed E-state index contributed by atoms with van der Waals surface area (Å²) >= 11 is 19.1. The van der Waals surface area contributed by atoms with Crippen molar-refractivity contribution in [1.29, 1.82) is 0 Å². The monoisotopic (exact) mass is 252 g/mol. The molecule has 0 N–H and O–H groups in total. The van der Waals surface area contributed by atoms with Crippen molar-refractivity contribution in [2.75, 3.05) is 0 Å². The minimum atomic E-state index is -0.854. The van der Waals surface area contributed by atoms with Gasteiger partial charge in [0.2, 0.25) is 0 Å². The number of rotatable bonds is 2. The Hall–Kier alpha value is 2.49. The van der Waals surface area contributed by atoms with Gasteiger partial charge in [-0.25, -0.2) is 0 Å². The second-order valence-corrected chi connectivity index (χ2v) is 17.9. The summed E-state index contributed by atoms with van der Waals surface area (Å²) in [4.78, 5) is 0. The predicted molar refractivity (Wildman–Crippen MR) is 49.3 cm³/mol. The van der Waals surface area contributed by atoms with Crippen molar-refractivity contribution in [2.24, 2.45) is 0 Å². The maximum atomic E-state index is 4.80. The summed E-state index contributed by atoms with van der Waals surface area (Å²) in [7, 11) is 0. The molecule has 0 aromatic rings. The molecule has 0 saturated carbocycles. The molecule has 0 aromatic heterocycles. The van der Waals surface area contributed by atoms with Gasteiger partial charge in [-0.1, -0.05) is 0 Å². The van der Waals surface area contributed by atoms with Crippen molar-refractivity contribution in [1.82, 2.24) is 0 Å². The number of hydrogen-bond donors (Lipinski definition) is 2. The SMILES string of the molecule is S=[PH](S)[Ni][PH](=S)S. The zero-order valence-corrected chi connectivity index (χ0v) is 9.44. The van der Waals surface area contributed by atoms with Gasteiger partial charge in [0.05, 0.1) is 0 Å². The van der Waals surface area contributed by atoms with E-state index in [0.29, 0.717) is 0 Å². The normalized spacial score (nSPS) is 19.1. The van der Waals surface area contributed by atoms with E-state index < -0.39 is 9.35 Å². The molecule has 0 radical (unpaired) electrons. The topological polar surface area (TPSA) is 0 Å². The first-order chi connectivity index (χ1) is 3.13. The van der Waals surface area contributed by atoms with Crippen molar-refractivity contribution in [3.8, 4) is 0 Å². The van der Waals surface area contributed by atoms with Gasteiger partial charge >= 0.3 is 71.0 Å². The van der Waals surface area contributed by atoms with E-state index in [1.54, 1.807) is 0 Å². The van der Waals surface area contributed by atoms with Gasteiger partial charge in [-0.3, -0.25) is 0 Å². The second-order valence-electron chi connectivity index (χ2n) is 0.532. The zero-order valence-electron chi connectivity index (χ0n) is 3.03. The van der Waals surface area contributed by atoms with Crippen molar-refractivity contribution in [3.63, 3.8) is 0 Å². The van der Waals surface area contributed by atoms with Crippen LogP contribution in [0.5, 0.6) is 0 Å². The van der Waals surface area contributed by atoms with Gasteiger partial charge in [-0.2, -0.15) is 0 Å². The molecule has 0 amide bonds. The van der Waals surface area contributed by atoms with Crippen molar-refractivity contribution >= 4 is 57.5 Å². The Morgan fingerprint density at radius 1 is 1.14 bits per heavy atom. The van der Waals surface area contributed by atoms with E-state index in [-0.39, 0.29) is 0 Å². The summed E-state index contributed by atoms with van der Waals surface area (Å²) in [5.74, 6) is 0. The molecule has 0 spiro atoms. The molecular weight excluding hydrogens is 249 g/mol. The van der Waals surface area contributed by atoms with Crippen LogP contribution in [0, 0.1) is 0 Å². The Labute approximate surface area is 70.4 Å². The molecular formula is H4NiP2S4. The van der Waals surface area contributed by atoms with Crippen LogP contribution in [0.1, 0.15) is 0 Å². The van der Waals surface area contributed by atoms with Gasteiger partial charge in [0.15, 0.2) is 0 Å². The fourth-order valence-electron chi connectivity index (χ4n) is 0.0579. The van der Waals surface area contributed by atoms with Crippen LogP contribution in [0.15, 0.2) is 0 Å². The summed E-state index contributed by atoms with van der Waals surface area (Å²) < 4.78 is -1.71. The molecule has 48 valence electrons. The third-order valence-electron chi connectivity index (χ3n) is 0.135. The molecule has 0 rings (SSSR count). The molecule has 0 aliphatic heterocycles. The molecule has 2 unspecified atom stereocenters. The van der Waals surface area contributed by atoms with E-state index in [4.69, 9.17) is 23.6 Å². The van der Waals surface area contributed by atoms with Crippen molar-refractivity contribution in [2.45, 2.75) is 0 Å². The van der Waals surface area contributed by atoms with Crippen LogP contribution in [0.25, 0.3) is 0 Å². The average molecular weight is 253 g/mol. The first-order valence-electron chi connectivity index (χ1n) is 1.17. The molecule has 0 nitrogen and oxygen atoms in total. The molecule has 0 heterocycles. The molecule has 7 heavy (non-hydrogen) atoms. The van der Waals surface area contributed by atoms with Gasteiger partial charge in [0.25, 0.3) is 0 Å². The summed E-state index contributed by atoms with van der Waals surface area (Å²) in [6.45, 7) is 0. The molecule has 0 saturated heterocycles. The van der Waals surface area contributed by atoms with Crippen LogP contribution in [-0.4, -0.2) is 0 Å². The summed E-state index contributed by atoms with van der Waals surface area (Å²) in [6.07, 6.45) is 0. The molecule has 0 aromatic carbocycles. The summed E-state index contributed by atoms with van der Waals surface area (Å²) in [5.41, 5.74) is 0. The van der Waals surface area contributed by atoms with Crippen LogP contribution in [0.3, 0.4) is 0 Å². The first kappa shape index (κ1) is 9.49. The fourth-order valence-corrected chi connectivity index (χ4v) is 19.3. The molecule has 7 heteroatoms. The summed E-state index contributed by atoms with van der Waals surface area (Å²) in [6, 6.07) is 0. The van der Waals surface area contributed by atoms with E-state index in [0.717, 1.165) is 0 Å². The van der Waals surface area contributed by atoms with E-state index >= 15 is 0 Å². The molecule has 0 aliphatic carbocycles. The molecule has 2 atom stereocenters. The minimum absolute atomic E-state index is 0.854. The van der Waals surface area contributed by atoms with Crippen LogP contribution in [-0.2, 0) is 37.2 Å².